The Balaban J connectivity index is 0.000000124. The molecule has 0 spiro atoms. The van der Waals surface area contributed by atoms with Gasteiger partial charge in [0.05, 0.1) is 148 Å². The molecule has 27 nitrogen and oxygen atoms in total. The normalized spacial score (nSPS) is 11.5. The van der Waals surface area contributed by atoms with E-state index in [1.165, 1.54) is 31.0 Å². The topological polar surface area (TPSA) is 390 Å². The third-order valence-corrected chi connectivity index (χ3v) is 22.8. The lowest BCUT2D eigenvalue weighted by molar-refractivity contribution is 0.101. The van der Waals surface area contributed by atoms with Crippen LogP contribution in [-0.2, 0) is 32.7 Å². The van der Waals surface area contributed by atoms with E-state index in [4.69, 9.17) is 28.7 Å². The van der Waals surface area contributed by atoms with E-state index in [0.29, 0.717) is 114 Å². The van der Waals surface area contributed by atoms with Crippen molar-refractivity contribution in [3.63, 3.8) is 0 Å². The molecule has 0 bridgehead atoms. The van der Waals surface area contributed by atoms with Crippen LogP contribution in [0.3, 0.4) is 0 Å². The van der Waals surface area contributed by atoms with Crippen LogP contribution in [-0.4, -0.2) is 88.4 Å². The average molecular weight is 1840 g/mol. The van der Waals surface area contributed by atoms with Crippen molar-refractivity contribution in [1.82, 2.24) is 58.9 Å². The van der Waals surface area contributed by atoms with E-state index in [1.54, 1.807) is 154 Å². The third kappa shape index (κ3) is 22.7. The predicted molar refractivity (Wildman–Crippen MR) is 527 cm³/mol. The molecule has 1 fully saturated rings. The number of carbonyl (C=O) groups is 5. The zero-order valence-electron chi connectivity index (χ0n) is 74.9. The van der Waals surface area contributed by atoms with E-state index in [1.807, 2.05) is 141 Å². The van der Waals surface area contributed by atoms with Crippen molar-refractivity contribution >= 4 is 141 Å². The number of anilines is 10. The van der Waals surface area contributed by atoms with Crippen molar-refractivity contribution in [2.75, 3.05) is 55.3 Å². The van der Waals surface area contributed by atoms with E-state index >= 15 is 0 Å². The summed E-state index contributed by atoms with van der Waals surface area (Å²) in [6.07, 6.45) is 13.9. The number of pyridine rings is 2. The number of carbonyl (C=O) groups excluding carboxylic acids is 5. The quantitative estimate of drug-likeness (QED) is 0.0250. The summed E-state index contributed by atoms with van der Waals surface area (Å²) >= 11 is 0. The van der Waals surface area contributed by atoms with Gasteiger partial charge in [0.1, 0.15) is 5.82 Å². The first kappa shape index (κ1) is 92.6. The first-order valence-electron chi connectivity index (χ1n) is 43.5. The molecule has 32 heteroatoms. The van der Waals surface area contributed by atoms with E-state index in [9.17, 15) is 45.9 Å². The molecule has 1 aliphatic rings. The minimum absolute atomic E-state index is 0.167. The highest BCUT2D eigenvalue weighted by molar-refractivity contribution is 6.11. The molecule has 15 N–H and O–H groups in total. The number of benzene rings is 12. The maximum absolute atomic E-state index is 13.4. The van der Waals surface area contributed by atoms with Gasteiger partial charge in [-0.1, -0.05) is 60.7 Å². The van der Waals surface area contributed by atoms with Crippen molar-refractivity contribution in [3.8, 4) is 0 Å². The molecule has 0 unspecified atom stereocenters. The van der Waals surface area contributed by atoms with Crippen molar-refractivity contribution in [2.45, 2.75) is 80.2 Å². The molecule has 0 atom stereocenters. The van der Waals surface area contributed by atoms with Crippen LogP contribution in [0, 0.1) is 69.6 Å². The fourth-order valence-electron chi connectivity index (χ4n) is 15.3. The summed E-state index contributed by atoms with van der Waals surface area (Å²) in [5.74, 6) is -4.36. The van der Waals surface area contributed by atoms with Crippen molar-refractivity contribution < 1.29 is 45.9 Å². The van der Waals surface area contributed by atoms with Crippen molar-refractivity contribution in [3.05, 3.63) is 399 Å². The minimum atomic E-state index is -0.895. The lowest BCUT2D eigenvalue weighted by Crippen LogP contribution is -2.13. The van der Waals surface area contributed by atoms with Gasteiger partial charge in [-0.15, -0.1) is 0 Å². The Morgan fingerprint density at radius 1 is 0.314 bits per heavy atom. The molecule has 0 radical (unpaired) electrons. The highest BCUT2D eigenvalue weighted by Crippen LogP contribution is 2.34. The Labute approximate surface area is 782 Å². The maximum atomic E-state index is 13.4. The Hall–Kier alpha value is -17.7. The second-order valence-electron chi connectivity index (χ2n) is 33.3. The van der Waals surface area contributed by atoms with E-state index in [-0.39, 0.29) is 48.4 Å². The van der Waals surface area contributed by atoms with E-state index in [2.05, 4.69) is 68.1 Å². The number of amides is 5. The number of para-hydroxylation sites is 4. The van der Waals surface area contributed by atoms with Gasteiger partial charge in [0.25, 0.3) is 29.5 Å². The van der Waals surface area contributed by atoms with Crippen LogP contribution in [0.15, 0.2) is 292 Å². The van der Waals surface area contributed by atoms with Crippen LogP contribution in [0.5, 0.6) is 0 Å². The van der Waals surface area contributed by atoms with E-state index < -0.39 is 23.3 Å². The molecule has 1 saturated carbocycles. The van der Waals surface area contributed by atoms with Gasteiger partial charge in [-0.05, 0) is 280 Å². The number of nitrogens with one attached hydrogen (secondary N) is 5. The predicted octanol–water partition coefficient (Wildman–Crippen LogP) is 20.0. The van der Waals surface area contributed by atoms with Gasteiger partial charge in [0.2, 0.25) is 0 Å². The van der Waals surface area contributed by atoms with Crippen LogP contribution in [0.25, 0.3) is 54.5 Å². The average Bonchev–Trinajstić information content (AvgIpc) is 1.68. The standard InChI is InChI=1S/C23H23N5O.C22H18F2N4O.C21H16F2N4O.C21H18FN5O.C18H18N4O/c1-14-4-8-21(20(24)10-14)27-23(29)17-7-9-22-19(11-17)12-25-28(22)13-18-6-5-15(2)26-16(18)3;1-13-2-6-20(19(25)8-13)27-22(29)15-4-7-21-16(10-15)11-26-28(21)12-14-3-5-17(23)18(24)9-14;22-16-7-5-13(9-17(16)23)12-27-20-8-6-14(10-15(20)11-25-27)21(28)26-19-4-2-1-3-18(19)24;1-13-2-4-19(18(23)6-13)26-21(28)15-3-5-20-16(8-15)10-25-27(20)12-14-7-17(22)11-24-9-14;19-15-3-1-2-4-16(15)21-18(23)13-7-8-17-14(9-13)10-20-22(17)11-12-5-6-12/h4-12H,13,24H2,1-3H3,(H,27,29);2-11H,12,25H2,1H3,(H,27,29);1-11H,12,24H2,(H,26,28);2-11H,12,23H2,1H3,(H,26,28);1-4,7-10,12H,5-6,11,19H2,(H,21,23). The highest BCUT2D eigenvalue weighted by atomic mass is 19.2. The number of aryl methyl sites for hydroxylation is 5. The zero-order valence-corrected chi connectivity index (χ0v) is 74.9. The van der Waals surface area contributed by atoms with Gasteiger partial charge < -0.3 is 55.3 Å². The molecule has 5 amide bonds. The molecule has 1 aliphatic carbocycles. The summed E-state index contributed by atoms with van der Waals surface area (Å²) in [6, 6.07) is 70.7. The molecule has 19 aromatic rings. The van der Waals surface area contributed by atoms with E-state index in [0.717, 1.165) is 131 Å². The summed E-state index contributed by atoms with van der Waals surface area (Å²) in [4.78, 5) is 71.1. The Morgan fingerprint density at radius 2 is 0.642 bits per heavy atom. The number of halogens is 5. The third-order valence-electron chi connectivity index (χ3n) is 22.8. The molecule has 0 aliphatic heterocycles. The molecule has 688 valence electrons. The maximum Gasteiger partial charge on any atom is 0.255 e. The van der Waals surface area contributed by atoms with Gasteiger partial charge in [0, 0.05) is 78.9 Å². The largest absolute Gasteiger partial charge is 0.397 e. The van der Waals surface area contributed by atoms with Crippen LogP contribution in [0.4, 0.5) is 78.8 Å². The number of hydrogen-bond acceptors (Lipinski definition) is 17. The van der Waals surface area contributed by atoms with Gasteiger partial charge >= 0.3 is 0 Å². The van der Waals surface area contributed by atoms with Crippen LogP contribution in [0.1, 0.15) is 115 Å². The fourth-order valence-corrected chi connectivity index (χ4v) is 15.3. The summed E-state index contributed by atoms with van der Waals surface area (Å²) in [7, 11) is 0. The first-order chi connectivity index (χ1) is 66.0. The zero-order chi connectivity index (χ0) is 96.2. The minimum Gasteiger partial charge on any atom is -0.397 e. The Bertz CT molecular complexity index is 7810. The number of hydrogen-bond donors (Lipinski definition) is 10. The lowest BCUT2D eigenvalue weighted by Gasteiger charge is -2.10. The van der Waals surface area contributed by atoms with Crippen LogP contribution in [0.2, 0.25) is 0 Å². The SMILES string of the molecule is Cc1ccc(NC(=O)c2ccc3c(cnn3Cc3ccc(C)nc3C)c2)c(N)c1.Cc1ccc(NC(=O)c2ccc3c(cnn3Cc3ccc(F)c(F)c3)c2)c(N)c1.Cc1ccc(NC(=O)c2ccc3c(cnn3Cc3cncc(F)c3)c2)c(N)c1.Nc1ccccc1NC(=O)c1ccc2c(cnn2CC2CC2)c1.Nc1ccccc1NC(=O)c1ccc2c(cnn2Cc2ccc(F)c(F)c2)c1. The second kappa shape index (κ2) is 41.0. The molecule has 0 saturated heterocycles. The Kier molecular flexibility index (Phi) is 27.7. The van der Waals surface area contributed by atoms with Crippen molar-refractivity contribution in [2.24, 2.45) is 5.92 Å². The fraction of sp³-hybridized carbons (Fsp3) is 0.124. The highest BCUT2D eigenvalue weighted by Gasteiger charge is 2.24. The van der Waals surface area contributed by atoms with Crippen LogP contribution < -0.4 is 55.3 Å². The number of aromatic nitrogens is 12. The molecular formula is C105H93F5N22O5. The summed E-state index contributed by atoms with van der Waals surface area (Å²) < 4.78 is 75.4. The van der Waals surface area contributed by atoms with Crippen LogP contribution >= 0.6 is 0 Å². The van der Waals surface area contributed by atoms with Gasteiger partial charge in [-0.25, -0.2) is 22.0 Å². The molecular weight excluding hydrogens is 1740 g/mol. The number of nitrogens with two attached hydrogens (primary N) is 5. The summed E-state index contributed by atoms with van der Waals surface area (Å²) in [5, 5.41) is 40.2. The summed E-state index contributed by atoms with van der Waals surface area (Å²) in [5.41, 5.74) is 50.3. The number of fused-ring (bicyclic) bond motifs is 5. The van der Waals surface area contributed by atoms with Crippen molar-refractivity contribution in [1.29, 1.82) is 0 Å². The Morgan fingerprint density at radius 3 is 0.971 bits per heavy atom. The van der Waals surface area contributed by atoms with Gasteiger partial charge in [-0.3, -0.25) is 57.3 Å². The molecule has 12 aromatic carbocycles. The molecule has 20 rings (SSSR count). The first-order valence-corrected chi connectivity index (χ1v) is 43.5. The number of rotatable bonds is 20. The molecule has 137 heavy (non-hydrogen) atoms. The van der Waals surface area contributed by atoms with Gasteiger partial charge in [-0.2, -0.15) is 25.5 Å². The number of nitrogens with zero attached hydrogens (tertiary/aromatic N) is 12. The van der Waals surface area contributed by atoms with Gasteiger partial charge in [0.15, 0.2) is 23.3 Å². The summed E-state index contributed by atoms with van der Waals surface area (Å²) in [6.45, 7) is 12.4. The molecule has 7 heterocycles. The lowest BCUT2D eigenvalue weighted by atomic mass is 10.1. The smallest absolute Gasteiger partial charge is 0.255 e. The molecule has 7 aromatic heterocycles. The number of nitrogen functional groups attached to an aromatic ring is 5. The second-order valence-corrected chi connectivity index (χ2v) is 33.3. The monoisotopic (exact) mass is 1840 g/mol.